The first-order valence-electron chi connectivity index (χ1n) is 5.43. The molecule has 8 heteroatoms. The van der Waals surface area contributed by atoms with E-state index in [9.17, 15) is 14.0 Å². The van der Waals surface area contributed by atoms with Crippen LogP contribution in [0.15, 0.2) is 0 Å². The lowest BCUT2D eigenvalue weighted by Crippen LogP contribution is -2.48. The molecule has 19 heavy (non-hydrogen) atoms. The minimum absolute atomic E-state index is 0.0921. The molecule has 0 saturated carbocycles. The first-order valence-corrected chi connectivity index (χ1v) is 5.43. The largest absolute Gasteiger partial charge is 0.481 e. The molecule has 88 valence electrons. The highest BCUT2D eigenvalue weighted by Gasteiger charge is 2.18. The van der Waals surface area contributed by atoms with E-state index in [1.54, 1.807) is 0 Å². The van der Waals surface area contributed by atoms with Crippen LogP contribution in [0.4, 0.5) is 4.39 Å². The monoisotopic (exact) mass is 250 g/mol. The van der Waals surface area contributed by atoms with Gasteiger partial charge in [0.2, 0.25) is 0 Å². The maximum atomic E-state index is 13.5. The van der Waals surface area contributed by atoms with Gasteiger partial charge in [-0.25, -0.2) is 4.39 Å². The van der Waals surface area contributed by atoms with Gasteiger partial charge in [0.25, 0.3) is 0 Å². The van der Waals surface area contributed by atoms with E-state index < -0.39 is 28.5 Å². The van der Waals surface area contributed by atoms with Crippen LogP contribution in [-0.2, 0) is 4.79 Å². The maximum Gasteiger partial charge on any atom is 0.303 e. The highest BCUT2D eigenvalue weighted by Crippen LogP contribution is 2.03. The zero-order chi connectivity index (χ0) is 14.7. The first-order chi connectivity index (χ1) is 8.77. The number of hydrogen-bond acceptors (Lipinski definition) is 2. The van der Waals surface area contributed by atoms with Gasteiger partial charge in [0.05, 0.1) is 0 Å². The molecule has 0 saturated heterocycles. The Kier molecular flexibility index (Phi) is 5.04. The fourth-order valence-electron chi connectivity index (χ4n) is 1.62. The van der Waals surface area contributed by atoms with E-state index in [0.717, 1.165) is 0 Å². The van der Waals surface area contributed by atoms with E-state index in [4.69, 9.17) is 36.5 Å². The smallest absolute Gasteiger partial charge is 0.303 e. The molecule has 1 N–H and O–H groups in total. The molecular weight excluding hydrogens is 242 g/mol. The van der Waals surface area contributed by atoms with E-state index in [2.05, 4.69) is 0 Å². The van der Waals surface area contributed by atoms with Gasteiger partial charge in [0, 0.05) is 18.4 Å². The summed E-state index contributed by atoms with van der Waals surface area (Å²) in [7, 11) is 21.9. The van der Waals surface area contributed by atoms with Crippen molar-refractivity contribution >= 4 is 65.0 Å². The molecule has 1 aromatic carbocycles. The summed E-state index contributed by atoms with van der Waals surface area (Å²) in [6.07, 6.45) is -0.146. The molecule has 0 aliphatic carbocycles. The summed E-state index contributed by atoms with van der Waals surface area (Å²) in [6.45, 7) is 0. The fraction of sp³-hybridized carbons (Fsp3) is 0.273. The first kappa shape index (κ1) is 15.6. The molecule has 0 atom stereocenters. The van der Waals surface area contributed by atoms with Crippen LogP contribution >= 0.6 is 0 Å². The summed E-state index contributed by atoms with van der Waals surface area (Å²) in [5.41, 5.74) is -1.57. The van der Waals surface area contributed by atoms with Crippen LogP contribution in [-0.4, -0.2) is 48.2 Å². The van der Waals surface area contributed by atoms with Crippen molar-refractivity contribution in [3.05, 3.63) is 11.4 Å². The van der Waals surface area contributed by atoms with Gasteiger partial charge in [0.1, 0.15) is 37.2 Å². The Morgan fingerprint density at radius 3 is 1.84 bits per heavy atom. The zero-order valence-electron chi connectivity index (χ0n) is 10.1. The molecule has 0 unspecified atom stereocenters. The number of Topliss-reactive ketones (excluding diaryl/α,β-unsaturated/α-hetero) is 1. The van der Waals surface area contributed by atoms with Crippen molar-refractivity contribution in [2.75, 3.05) is 0 Å². The standard InChI is InChI=1S/C11H7B4FO3/c12-7-6(4(17)2-1-3-5(18)19)8(13)10(15)11(16)9(7)14/h1-3H2,(H,18,19). The van der Waals surface area contributed by atoms with Crippen LogP contribution in [0, 0.1) is 5.82 Å². The minimum atomic E-state index is -1.02. The lowest BCUT2D eigenvalue weighted by Gasteiger charge is -2.17. The molecule has 0 amide bonds. The Morgan fingerprint density at radius 2 is 1.42 bits per heavy atom. The zero-order valence-corrected chi connectivity index (χ0v) is 10.1. The third-order valence-corrected chi connectivity index (χ3v) is 2.67. The third-order valence-electron chi connectivity index (χ3n) is 2.67. The summed E-state index contributed by atoms with van der Waals surface area (Å²) < 4.78 is 13.5. The summed E-state index contributed by atoms with van der Waals surface area (Å²) in [5, 5.41) is 8.48. The minimum Gasteiger partial charge on any atom is -0.481 e. The average Bonchev–Trinajstić information content (AvgIpc) is 2.34. The Hall–Kier alpha value is -1.45. The van der Waals surface area contributed by atoms with Gasteiger partial charge in [-0.05, 0) is 6.42 Å². The van der Waals surface area contributed by atoms with Gasteiger partial charge < -0.3 is 5.11 Å². The highest BCUT2D eigenvalue weighted by molar-refractivity contribution is 6.59. The summed E-state index contributed by atoms with van der Waals surface area (Å²) in [5.74, 6) is -2.50. The summed E-state index contributed by atoms with van der Waals surface area (Å²) in [4.78, 5) is 22.3. The normalized spacial score (nSPS) is 10.4. The predicted octanol–water partition coefficient (Wildman–Crippen LogP) is -2.56. The number of benzene rings is 1. The second kappa shape index (κ2) is 6.13. The number of carbonyl (C=O) groups excluding carboxylic acids is 1. The Morgan fingerprint density at radius 1 is 0.947 bits per heavy atom. The molecule has 0 heterocycles. The molecule has 0 aliphatic heterocycles. The molecule has 1 aromatic rings. The number of halogens is 1. The quantitative estimate of drug-likeness (QED) is 0.461. The SMILES string of the molecule is [B]c1c([B])c(C(=O)CCCC(=O)O)c([B])c([B])c1F. The molecule has 0 bridgehead atoms. The highest BCUT2D eigenvalue weighted by atomic mass is 19.1. The van der Waals surface area contributed by atoms with E-state index in [0.29, 0.717) is 0 Å². The topological polar surface area (TPSA) is 54.4 Å². The van der Waals surface area contributed by atoms with E-state index >= 15 is 0 Å². The van der Waals surface area contributed by atoms with Crippen LogP contribution in [0.3, 0.4) is 0 Å². The van der Waals surface area contributed by atoms with Crippen LogP contribution < -0.4 is 21.9 Å². The number of aliphatic carboxylic acids is 1. The summed E-state index contributed by atoms with van der Waals surface area (Å²) >= 11 is 0. The van der Waals surface area contributed by atoms with E-state index in [-0.39, 0.29) is 35.8 Å². The van der Waals surface area contributed by atoms with Gasteiger partial charge >= 0.3 is 5.97 Å². The fourth-order valence-corrected chi connectivity index (χ4v) is 1.62. The lowest BCUT2D eigenvalue weighted by molar-refractivity contribution is -0.137. The second-order valence-electron chi connectivity index (χ2n) is 4.01. The van der Waals surface area contributed by atoms with E-state index in [1.165, 1.54) is 0 Å². The summed E-state index contributed by atoms with van der Waals surface area (Å²) in [6, 6.07) is 0. The van der Waals surface area contributed by atoms with Crippen molar-refractivity contribution in [1.82, 2.24) is 0 Å². The molecule has 0 fully saturated rings. The molecular formula is C11H7B4FO3. The molecule has 0 aromatic heterocycles. The second-order valence-corrected chi connectivity index (χ2v) is 4.01. The van der Waals surface area contributed by atoms with Crippen LogP contribution in [0.1, 0.15) is 29.6 Å². The molecule has 8 radical (unpaired) electrons. The van der Waals surface area contributed by atoms with Gasteiger partial charge in [0.15, 0.2) is 5.78 Å². The molecule has 0 spiro atoms. The van der Waals surface area contributed by atoms with Crippen molar-refractivity contribution in [2.45, 2.75) is 19.3 Å². The number of carboxylic acid groups (broad SMARTS) is 1. The third kappa shape index (κ3) is 3.31. The van der Waals surface area contributed by atoms with Crippen LogP contribution in [0.25, 0.3) is 0 Å². The van der Waals surface area contributed by atoms with Crippen molar-refractivity contribution in [3.63, 3.8) is 0 Å². The van der Waals surface area contributed by atoms with Gasteiger partial charge in [-0.2, -0.15) is 0 Å². The molecule has 3 nitrogen and oxygen atoms in total. The van der Waals surface area contributed by atoms with Gasteiger partial charge in [-0.3, -0.25) is 9.59 Å². The van der Waals surface area contributed by atoms with Gasteiger partial charge in [-0.1, -0.05) is 21.9 Å². The van der Waals surface area contributed by atoms with Crippen molar-refractivity contribution in [3.8, 4) is 0 Å². The van der Waals surface area contributed by atoms with Crippen LogP contribution in [0.5, 0.6) is 0 Å². The number of carbonyl (C=O) groups is 2. The van der Waals surface area contributed by atoms with E-state index in [1.807, 2.05) is 0 Å². The van der Waals surface area contributed by atoms with Crippen molar-refractivity contribution in [2.24, 2.45) is 0 Å². The number of rotatable bonds is 5. The predicted molar refractivity (Wildman–Crippen MR) is 73.8 cm³/mol. The number of hydrogen-bond donors (Lipinski definition) is 1. The average molecular weight is 249 g/mol. The van der Waals surface area contributed by atoms with Crippen LogP contribution in [0.2, 0.25) is 0 Å². The Balaban J connectivity index is 3.07. The van der Waals surface area contributed by atoms with Crippen molar-refractivity contribution in [1.29, 1.82) is 0 Å². The number of carboxylic acids is 1. The molecule has 1 rings (SSSR count). The van der Waals surface area contributed by atoms with Crippen molar-refractivity contribution < 1.29 is 19.1 Å². The Labute approximate surface area is 115 Å². The maximum absolute atomic E-state index is 13.5. The van der Waals surface area contributed by atoms with Gasteiger partial charge in [-0.15, -0.1) is 0 Å². The number of ketones is 1. The Bertz CT molecular complexity index is 516. The lowest BCUT2D eigenvalue weighted by atomic mass is 9.66. The molecule has 0 aliphatic rings.